The van der Waals surface area contributed by atoms with Crippen LogP contribution in [0.2, 0.25) is 5.02 Å². The van der Waals surface area contributed by atoms with E-state index in [-0.39, 0.29) is 6.10 Å². The fourth-order valence-corrected chi connectivity index (χ4v) is 2.58. The van der Waals surface area contributed by atoms with E-state index in [9.17, 15) is 0 Å². The molecule has 2 heterocycles. The summed E-state index contributed by atoms with van der Waals surface area (Å²) >= 11 is 6.00. The van der Waals surface area contributed by atoms with Gasteiger partial charge < -0.3 is 10.1 Å². The second-order valence-electron chi connectivity index (χ2n) is 4.96. The summed E-state index contributed by atoms with van der Waals surface area (Å²) in [7, 11) is 0. The van der Waals surface area contributed by atoms with Crippen molar-refractivity contribution in [3.63, 3.8) is 0 Å². The van der Waals surface area contributed by atoms with Gasteiger partial charge in [0.2, 0.25) is 0 Å². The van der Waals surface area contributed by atoms with Crippen molar-refractivity contribution in [2.45, 2.75) is 12.5 Å². The first-order chi connectivity index (χ1) is 9.81. The van der Waals surface area contributed by atoms with Gasteiger partial charge in [-0.1, -0.05) is 29.8 Å². The molecular weight excluding hydrogens is 272 g/mol. The lowest BCUT2D eigenvalue weighted by Crippen LogP contribution is -2.33. The fourth-order valence-electron chi connectivity index (χ4n) is 2.37. The Labute approximate surface area is 123 Å². The summed E-state index contributed by atoms with van der Waals surface area (Å²) < 4.78 is 5.70. The number of rotatable bonds is 3. The Hall–Kier alpha value is -1.42. The molecule has 0 saturated carbocycles. The van der Waals surface area contributed by atoms with E-state index in [2.05, 4.69) is 28.5 Å². The van der Waals surface area contributed by atoms with Crippen LogP contribution in [0.4, 0.5) is 0 Å². The molecule has 1 atom stereocenters. The molecule has 1 aliphatic heterocycles. The number of pyridine rings is 1. The quantitative estimate of drug-likeness (QED) is 0.943. The summed E-state index contributed by atoms with van der Waals surface area (Å²) in [6, 6.07) is 12.1. The van der Waals surface area contributed by atoms with E-state index in [0.717, 1.165) is 36.8 Å². The van der Waals surface area contributed by atoms with Crippen LogP contribution in [0.3, 0.4) is 0 Å². The molecule has 1 aromatic carbocycles. The van der Waals surface area contributed by atoms with Crippen molar-refractivity contribution >= 4 is 11.6 Å². The van der Waals surface area contributed by atoms with Crippen LogP contribution in [-0.4, -0.2) is 24.7 Å². The van der Waals surface area contributed by atoms with Gasteiger partial charge in [0, 0.05) is 24.3 Å². The minimum absolute atomic E-state index is 0.0731. The average Bonchev–Trinajstić information content (AvgIpc) is 2.49. The first-order valence-corrected chi connectivity index (χ1v) is 7.20. The third kappa shape index (κ3) is 3.37. The van der Waals surface area contributed by atoms with E-state index in [1.165, 1.54) is 11.1 Å². The van der Waals surface area contributed by atoms with Crippen LogP contribution in [0.1, 0.15) is 22.9 Å². The number of morpholine rings is 1. The zero-order valence-corrected chi connectivity index (χ0v) is 11.9. The third-order valence-electron chi connectivity index (χ3n) is 3.40. The molecule has 3 rings (SSSR count). The second kappa shape index (κ2) is 6.35. The maximum atomic E-state index is 6.00. The zero-order valence-electron chi connectivity index (χ0n) is 11.2. The summed E-state index contributed by atoms with van der Waals surface area (Å²) in [6.07, 6.45) is 2.84. The van der Waals surface area contributed by atoms with E-state index >= 15 is 0 Å². The Kier molecular flexibility index (Phi) is 4.31. The number of halogens is 1. The van der Waals surface area contributed by atoms with Crippen molar-refractivity contribution in [3.8, 4) is 0 Å². The second-order valence-corrected chi connectivity index (χ2v) is 5.40. The first kappa shape index (κ1) is 13.6. The molecule has 1 fully saturated rings. The van der Waals surface area contributed by atoms with Crippen LogP contribution < -0.4 is 5.32 Å². The highest BCUT2D eigenvalue weighted by Gasteiger charge is 2.16. The number of nitrogens with one attached hydrogen (secondary N) is 1. The van der Waals surface area contributed by atoms with E-state index < -0.39 is 0 Å². The Morgan fingerprint density at radius 2 is 2.20 bits per heavy atom. The lowest BCUT2D eigenvalue weighted by atomic mass is 10.1. The smallest absolute Gasteiger partial charge is 0.112 e. The zero-order chi connectivity index (χ0) is 13.8. The van der Waals surface area contributed by atoms with Crippen LogP contribution in [0, 0.1) is 0 Å². The van der Waals surface area contributed by atoms with Crippen molar-refractivity contribution in [1.82, 2.24) is 10.3 Å². The van der Waals surface area contributed by atoms with Crippen molar-refractivity contribution in [1.29, 1.82) is 0 Å². The lowest BCUT2D eigenvalue weighted by molar-refractivity contribution is 0.0250. The predicted molar refractivity (Wildman–Crippen MR) is 80.1 cm³/mol. The Balaban J connectivity index is 1.69. The van der Waals surface area contributed by atoms with Crippen molar-refractivity contribution < 1.29 is 4.74 Å². The van der Waals surface area contributed by atoms with Gasteiger partial charge in [-0.15, -0.1) is 0 Å². The van der Waals surface area contributed by atoms with Crippen LogP contribution in [-0.2, 0) is 11.2 Å². The van der Waals surface area contributed by atoms with Gasteiger partial charge in [-0.05, 0) is 35.7 Å². The van der Waals surface area contributed by atoms with E-state index in [4.69, 9.17) is 16.3 Å². The lowest BCUT2D eigenvalue weighted by Gasteiger charge is -2.23. The molecule has 20 heavy (non-hydrogen) atoms. The molecule has 3 nitrogen and oxygen atoms in total. The van der Waals surface area contributed by atoms with Gasteiger partial charge in [0.1, 0.15) is 6.10 Å². The number of hydrogen-bond donors (Lipinski definition) is 1. The average molecular weight is 289 g/mol. The van der Waals surface area contributed by atoms with Gasteiger partial charge in [-0.2, -0.15) is 0 Å². The summed E-state index contributed by atoms with van der Waals surface area (Å²) in [5.74, 6) is 0. The highest BCUT2D eigenvalue weighted by Crippen LogP contribution is 2.18. The topological polar surface area (TPSA) is 34.1 Å². The van der Waals surface area contributed by atoms with Crippen molar-refractivity contribution in [3.05, 3.63) is 64.4 Å². The SMILES string of the molecule is Clc1cccc(Cc2ccc(C3CNCCO3)nc2)c1. The standard InChI is InChI=1S/C16H17ClN2O/c17-14-3-1-2-12(9-14)8-13-4-5-15(19-10-13)16-11-18-6-7-20-16/h1-5,9-10,16,18H,6-8,11H2. The summed E-state index contributed by atoms with van der Waals surface area (Å²) in [6.45, 7) is 2.50. The van der Waals surface area contributed by atoms with Crippen LogP contribution in [0.5, 0.6) is 0 Å². The molecule has 1 aromatic heterocycles. The fraction of sp³-hybridized carbons (Fsp3) is 0.312. The molecule has 0 radical (unpaired) electrons. The minimum Gasteiger partial charge on any atom is -0.369 e. The third-order valence-corrected chi connectivity index (χ3v) is 3.64. The Morgan fingerprint density at radius 3 is 2.90 bits per heavy atom. The van der Waals surface area contributed by atoms with Gasteiger partial charge >= 0.3 is 0 Å². The molecule has 1 aliphatic rings. The van der Waals surface area contributed by atoms with E-state index in [1.54, 1.807) is 0 Å². The molecule has 0 bridgehead atoms. The summed E-state index contributed by atoms with van der Waals surface area (Å²) in [4.78, 5) is 4.52. The normalized spacial score (nSPS) is 18.9. The summed E-state index contributed by atoms with van der Waals surface area (Å²) in [5.41, 5.74) is 3.37. The highest BCUT2D eigenvalue weighted by atomic mass is 35.5. The number of benzene rings is 1. The van der Waals surface area contributed by atoms with E-state index in [0.29, 0.717) is 0 Å². The molecule has 1 saturated heterocycles. The van der Waals surface area contributed by atoms with Crippen molar-refractivity contribution in [2.75, 3.05) is 19.7 Å². The number of aromatic nitrogens is 1. The van der Waals surface area contributed by atoms with Crippen molar-refractivity contribution in [2.24, 2.45) is 0 Å². The molecule has 4 heteroatoms. The summed E-state index contributed by atoms with van der Waals surface area (Å²) in [5, 5.41) is 4.09. The maximum Gasteiger partial charge on any atom is 0.112 e. The molecule has 0 amide bonds. The monoisotopic (exact) mass is 288 g/mol. The van der Waals surface area contributed by atoms with Crippen LogP contribution in [0.25, 0.3) is 0 Å². The number of nitrogens with zero attached hydrogens (tertiary/aromatic N) is 1. The molecule has 104 valence electrons. The molecule has 0 aliphatic carbocycles. The maximum absolute atomic E-state index is 6.00. The van der Waals surface area contributed by atoms with Gasteiger partial charge in [0.05, 0.1) is 12.3 Å². The molecule has 2 aromatic rings. The molecular formula is C16H17ClN2O. The minimum atomic E-state index is 0.0731. The predicted octanol–water partition coefficient (Wildman–Crippen LogP) is 2.99. The molecule has 1 N–H and O–H groups in total. The van der Waals surface area contributed by atoms with Gasteiger partial charge in [-0.25, -0.2) is 0 Å². The van der Waals surface area contributed by atoms with Gasteiger partial charge in [-0.3, -0.25) is 4.98 Å². The highest BCUT2D eigenvalue weighted by molar-refractivity contribution is 6.30. The Bertz CT molecular complexity index is 565. The first-order valence-electron chi connectivity index (χ1n) is 6.83. The molecule has 1 unspecified atom stereocenters. The van der Waals surface area contributed by atoms with Crippen LogP contribution in [0.15, 0.2) is 42.6 Å². The Morgan fingerprint density at radius 1 is 1.25 bits per heavy atom. The number of ether oxygens (including phenoxy) is 1. The largest absolute Gasteiger partial charge is 0.369 e. The number of hydrogen-bond acceptors (Lipinski definition) is 3. The molecule has 0 spiro atoms. The van der Waals surface area contributed by atoms with Gasteiger partial charge in [0.15, 0.2) is 0 Å². The van der Waals surface area contributed by atoms with Crippen LogP contribution >= 0.6 is 11.6 Å². The van der Waals surface area contributed by atoms with Gasteiger partial charge in [0.25, 0.3) is 0 Å². The van der Waals surface area contributed by atoms with E-state index in [1.807, 2.05) is 24.4 Å².